The first kappa shape index (κ1) is 29.1. The summed E-state index contributed by atoms with van der Waals surface area (Å²) in [5.74, 6) is -0.268. The molecule has 0 saturated carbocycles. The zero-order valence-corrected chi connectivity index (χ0v) is 24.0. The molecule has 0 atom stereocenters. The van der Waals surface area contributed by atoms with Gasteiger partial charge in [-0.05, 0) is 48.5 Å². The summed E-state index contributed by atoms with van der Waals surface area (Å²) in [7, 11) is 0.113. The minimum atomic E-state index is -4.23. The standard InChI is InChI=1S/C30H26FN5O6S/c1-40-21-14-20(15-22(17-21)41-2)32-28-29(35-26-10-5-4-9-25(26)34-28)36-43(38,39)23-8-6-7-19(16-23)33-30(37)18-11-12-27(42-3)24(31)13-18/h4-17H,1-3H3,(H,32,34)(H,33,37)(H,35,36). The van der Waals surface area contributed by atoms with E-state index in [4.69, 9.17) is 14.2 Å². The second kappa shape index (κ2) is 12.2. The van der Waals surface area contributed by atoms with Crippen molar-refractivity contribution in [2.75, 3.05) is 36.7 Å². The van der Waals surface area contributed by atoms with Gasteiger partial charge in [0.15, 0.2) is 23.2 Å². The topological polar surface area (TPSA) is 141 Å². The number of hydrogen-bond donors (Lipinski definition) is 3. The molecule has 0 aliphatic carbocycles. The van der Waals surface area contributed by atoms with Crippen LogP contribution in [0.5, 0.6) is 17.2 Å². The van der Waals surface area contributed by atoms with Gasteiger partial charge in [-0.25, -0.2) is 22.8 Å². The molecule has 13 heteroatoms. The lowest BCUT2D eigenvalue weighted by atomic mass is 10.2. The molecule has 1 heterocycles. The van der Waals surface area contributed by atoms with Crippen LogP contribution >= 0.6 is 0 Å². The Morgan fingerprint density at radius 3 is 2.05 bits per heavy atom. The molecule has 0 bridgehead atoms. The first-order valence-electron chi connectivity index (χ1n) is 12.7. The van der Waals surface area contributed by atoms with E-state index in [0.29, 0.717) is 28.2 Å². The molecular weight excluding hydrogens is 577 g/mol. The average Bonchev–Trinajstić information content (AvgIpc) is 3.01. The van der Waals surface area contributed by atoms with Crippen molar-refractivity contribution in [3.63, 3.8) is 0 Å². The molecule has 0 aliphatic rings. The summed E-state index contributed by atoms with van der Waals surface area (Å²) in [6, 6.07) is 21.4. The number of methoxy groups -OCH3 is 3. The van der Waals surface area contributed by atoms with E-state index in [2.05, 4.69) is 25.3 Å². The smallest absolute Gasteiger partial charge is 0.263 e. The van der Waals surface area contributed by atoms with Gasteiger partial charge in [0.25, 0.3) is 15.9 Å². The van der Waals surface area contributed by atoms with Gasteiger partial charge in [-0.15, -0.1) is 0 Å². The zero-order chi connectivity index (χ0) is 30.6. The van der Waals surface area contributed by atoms with E-state index in [1.165, 1.54) is 57.7 Å². The maximum atomic E-state index is 14.1. The maximum Gasteiger partial charge on any atom is 0.263 e. The molecule has 1 amide bonds. The number of fused-ring (bicyclic) bond motifs is 1. The van der Waals surface area contributed by atoms with Crippen LogP contribution in [0.2, 0.25) is 0 Å². The maximum absolute atomic E-state index is 14.1. The normalized spacial score (nSPS) is 11.1. The first-order chi connectivity index (χ1) is 20.7. The Morgan fingerprint density at radius 2 is 1.42 bits per heavy atom. The minimum absolute atomic E-state index is 0.00750. The number of rotatable bonds is 10. The van der Waals surface area contributed by atoms with Crippen molar-refractivity contribution in [1.29, 1.82) is 0 Å². The fourth-order valence-electron chi connectivity index (χ4n) is 4.11. The summed E-state index contributed by atoms with van der Waals surface area (Å²) in [4.78, 5) is 21.7. The van der Waals surface area contributed by atoms with Crippen LogP contribution in [-0.4, -0.2) is 45.6 Å². The number of para-hydroxylation sites is 2. The van der Waals surface area contributed by atoms with Gasteiger partial charge in [0.2, 0.25) is 0 Å². The van der Waals surface area contributed by atoms with Gasteiger partial charge in [-0.2, -0.15) is 0 Å². The highest BCUT2D eigenvalue weighted by Gasteiger charge is 2.21. The van der Waals surface area contributed by atoms with Gasteiger partial charge in [-0.3, -0.25) is 9.52 Å². The van der Waals surface area contributed by atoms with Crippen molar-refractivity contribution in [3.05, 3.63) is 96.3 Å². The van der Waals surface area contributed by atoms with Crippen molar-refractivity contribution < 1.29 is 31.8 Å². The quantitative estimate of drug-likeness (QED) is 0.186. The van der Waals surface area contributed by atoms with E-state index in [-0.39, 0.29) is 33.5 Å². The van der Waals surface area contributed by atoms with Crippen molar-refractivity contribution >= 4 is 50.0 Å². The SMILES string of the molecule is COc1cc(Nc2nc3ccccc3nc2NS(=O)(=O)c2cccc(NC(=O)c3ccc(OC)c(F)c3)c2)cc(OC)c1. The highest BCUT2D eigenvalue weighted by atomic mass is 32.2. The molecular formula is C30H26FN5O6S. The number of nitrogens with one attached hydrogen (secondary N) is 3. The summed E-state index contributed by atoms with van der Waals surface area (Å²) in [5, 5.41) is 5.69. The van der Waals surface area contributed by atoms with Crippen LogP contribution in [0, 0.1) is 5.82 Å². The number of halogens is 1. The summed E-state index contributed by atoms with van der Waals surface area (Å²) in [5.41, 5.74) is 1.71. The van der Waals surface area contributed by atoms with Crippen molar-refractivity contribution in [1.82, 2.24) is 9.97 Å². The number of hydrogen-bond acceptors (Lipinski definition) is 9. The fourth-order valence-corrected chi connectivity index (χ4v) is 5.17. The van der Waals surface area contributed by atoms with E-state index in [1.807, 2.05) is 0 Å². The molecule has 5 aromatic rings. The molecule has 0 aliphatic heterocycles. The highest BCUT2D eigenvalue weighted by molar-refractivity contribution is 7.92. The summed E-state index contributed by atoms with van der Waals surface area (Å²) in [6.45, 7) is 0. The highest BCUT2D eigenvalue weighted by Crippen LogP contribution is 2.32. The number of amides is 1. The number of carbonyl (C=O) groups excluding carboxylic acids is 1. The van der Waals surface area contributed by atoms with Gasteiger partial charge < -0.3 is 24.8 Å². The molecule has 220 valence electrons. The Balaban J connectivity index is 1.45. The monoisotopic (exact) mass is 603 g/mol. The molecule has 0 spiro atoms. The molecule has 0 saturated heterocycles. The van der Waals surface area contributed by atoms with Crippen LogP contribution in [-0.2, 0) is 10.0 Å². The molecule has 43 heavy (non-hydrogen) atoms. The molecule has 0 unspecified atom stereocenters. The van der Waals surface area contributed by atoms with Crippen LogP contribution in [0.3, 0.4) is 0 Å². The van der Waals surface area contributed by atoms with Crippen molar-refractivity contribution in [3.8, 4) is 17.2 Å². The van der Waals surface area contributed by atoms with E-state index in [1.54, 1.807) is 42.5 Å². The number of sulfonamides is 1. The number of nitrogens with zero attached hydrogens (tertiary/aromatic N) is 2. The van der Waals surface area contributed by atoms with Crippen LogP contribution in [0.4, 0.5) is 27.4 Å². The van der Waals surface area contributed by atoms with Gasteiger partial charge in [-0.1, -0.05) is 18.2 Å². The number of anilines is 4. The molecule has 1 aromatic heterocycles. The summed E-state index contributed by atoms with van der Waals surface area (Å²) in [6.07, 6.45) is 0. The van der Waals surface area contributed by atoms with E-state index in [9.17, 15) is 17.6 Å². The average molecular weight is 604 g/mol. The molecule has 0 fully saturated rings. The third-order valence-electron chi connectivity index (χ3n) is 6.23. The number of aromatic nitrogens is 2. The third-order valence-corrected chi connectivity index (χ3v) is 7.57. The Kier molecular flexibility index (Phi) is 8.25. The molecule has 5 rings (SSSR count). The Morgan fingerprint density at radius 1 is 0.744 bits per heavy atom. The lowest BCUT2D eigenvalue weighted by Gasteiger charge is -2.15. The van der Waals surface area contributed by atoms with Crippen LogP contribution in [0.15, 0.2) is 89.8 Å². The zero-order valence-electron chi connectivity index (χ0n) is 23.2. The van der Waals surface area contributed by atoms with Crippen LogP contribution < -0.4 is 29.6 Å². The number of carbonyl (C=O) groups is 1. The second-order valence-corrected chi connectivity index (χ2v) is 10.8. The Hall–Kier alpha value is -5.43. The number of benzene rings is 4. The van der Waals surface area contributed by atoms with Gasteiger partial charge >= 0.3 is 0 Å². The Bertz CT molecular complexity index is 1910. The lowest BCUT2D eigenvalue weighted by molar-refractivity contribution is 0.102. The molecule has 0 radical (unpaired) electrons. The predicted molar refractivity (Wildman–Crippen MR) is 161 cm³/mol. The van der Waals surface area contributed by atoms with Crippen LogP contribution in [0.1, 0.15) is 10.4 Å². The largest absolute Gasteiger partial charge is 0.497 e. The summed E-state index contributed by atoms with van der Waals surface area (Å²) >= 11 is 0. The van der Waals surface area contributed by atoms with E-state index < -0.39 is 21.7 Å². The van der Waals surface area contributed by atoms with Gasteiger partial charge in [0.05, 0.1) is 37.3 Å². The van der Waals surface area contributed by atoms with Crippen LogP contribution in [0.25, 0.3) is 11.0 Å². The fraction of sp³-hybridized carbons (Fsp3) is 0.100. The Labute approximate surface area is 246 Å². The lowest BCUT2D eigenvalue weighted by Crippen LogP contribution is -2.17. The third kappa shape index (κ3) is 6.57. The minimum Gasteiger partial charge on any atom is -0.497 e. The molecule has 11 nitrogen and oxygen atoms in total. The predicted octanol–water partition coefficient (Wildman–Crippen LogP) is 5.59. The van der Waals surface area contributed by atoms with Gasteiger partial charge in [0, 0.05) is 35.1 Å². The molecule has 3 N–H and O–H groups in total. The van der Waals surface area contributed by atoms with E-state index >= 15 is 0 Å². The van der Waals surface area contributed by atoms with Gasteiger partial charge in [0.1, 0.15) is 11.5 Å². The first-order valence-corrected chi connectivity index (χ1v) is 14.2. The van der Waals surface area contributed by atoms with Crippen molar-refractivity contribution in [2.24, 2.45) is 0 Å². The van der Waals surface area contributed by atoms with Crippen molar-refractivity contribution in [2.45, 2.75) is 4.90 Å². The van der Waals surface area contributed by atoms with E-state index in [0.717, 1.165) is 6.07 Å². The molecule has 4 aromatic carbocycles. The number of ether oxygens (including phenoxy) is 3. The second-order valence-electron chi connectivity index (χ2n) is 9.07. The summed E-state index contributed by atoms with van der Waals surface area (Å²) < 4.78 is 59.2.